The minimum Gasteiger partial charge on any atom is -0.507 e. The molecule has 0 saturated carbocycles. The Labute approximate surface area is 140 Å². The fraction of sp³-hybridized carbons (Fsp3) is 0.333. The first-order valence-electron chi connectivity index (χ1n) is 8.10. The zero-order valence-electron chi connectivity index (χ0n) is 14.2. The lowest BCUT2D eigenvalue weighted by Crippen LogP contribution is -2.35. The molecule has 0 radical (unpaired) electrons. The average Bonchev–Trinajstić information content (AvgIpc) is 2.56. The summed E-state index contributed by atoms with van der Waals surface area (Å²) in [6.45, 7) is 12.5. The van der Waals surface area contributed by atoms with Gasteiger partial charge in [0, 0.05) is 18.1 Å². The van der Waals surface area contributed by atoms with Gasteiger partial charge >= 0.3 is 0 Å². The molecule has 0 saturated heterocycles. The van der Waals surface area contributed by atoms with E-state index in [0.717, 1.165) is 18.6 Å². The normalized spacial score (nSPS) is 22.1. The second-order valence-corrected chi connectivity index (χ2v) is 5.65. The number of hydrogen-bond acceptors (Lipinski definition) is 2. The fourth-order valence-corrected chi connectivity index (χ4v) is 2.29. The molecular formula is C21H28O2. The third kappa shape index (κ3) is 5.91. The molecule has 0 spiro atoms. The largest absolute Gasteiger partial charge is 0.507 e. The van der Waals surface area contributed by atoms with Gasteiger partial charge in [0.05, 0.1) is 5.60 Å². The maximum atomic E-state index is 9.04. The number of rotatable bonds is 6. The molecule has 1 aromatic carbocycles. The lowest BCUT2D eigenvalue weighted by molar-refractivity contribution is -0.0145. The van der Waals surface area contributed by atoms with E-state index in [9.17, 15) is 0 Å². The highest BCUT2D eigenvalue weighted by molar-refractivity contribution is 5.54. The topological polar surface area (TPSA) is 29.5 Å². The maximum absolute atomic E-state index is 9.04. The quantitative estimate of drug-likeness (QED) is 0.553. The number of ether oxygens (including phenoxy) is 1. The minimum atomic E-state index is -0.189. The van der Waals surface area contributed by atoms with Crippen molar-refractivity contribution in [3.63, 3.8) is 0 Å². The summed E-state index contributed by atoms with van der Waals surface area (Å²) in [6, 6.07) is 7.08. The number of phenolic OH excluding ortho intramolecular Hbond substituents is 1. The van der Waals surface area contributed by atoms with Crippen molar-refractivity contribution in [1.29, 1.82) is 0 Å². The van der Waals surface area contributed by atoms with Gasteiger partial charge in [0.2, 0.25) is 0 Å². The third-order valence-corrected chi connectivity index (χ3v) is 3.84. The minimum absolute atomic E-state index is 0.189. The van der Waals surface area contributed by atoms with Gasteiger partial charge in [0.1, 0.15) is 5.75 Å². The van der Waals surface area contributed by atoms with Crippen LogP contribution in [0.1, 0.15) is 32.3 Å². The molecule has 1 aliphatic rings. The molecule has 23 heavy (non-hydrogen) atoms. The van der Waals surface area contributed by atoms with Crippen molar-refractivity contribution in [2.75, 3.05) is 6.61 Å². The van der Waals surface area contributed by atoms with Crippen LogP contribution < -0.4 is 0 Å². The van der Waals surface area contributed by atoms with Crippen LogP contribution in [0.25, 0.3) is 6.08 Å². The number of unbranched alkanes of at least 4 members (excludes halogenated alkanes) is 1. The molecule has 0 amide bonds. The Morgan fingerprint density at radius 3 is 2.57 bits per heavy atom. The maximum Gasteiger partial charge on any atom is 0.122 e. The van der Waals surface area contributed by atoms with Crippen molar-refractivity contribution >= 4 is 6.08 Å². The van der Waals surface area contributed by atoms with Gasteiger partial charge in [-0.15, -0.1) is 6.58 Å². The molecule has 2 nitrogen and oxygen atoms in total. The van der Waals surface area contributed by atoms with Crippen LogP contribution >= 0.6 is 0 Å². The van der Waals surface area contributed by atoms with Gasteiger partial charge in [-0.25, -0.2) is 0 Å². The summed E-state index contributed by atoms with van der Waals surface area (Å²) in [6.07, 6.45) is 14.2. The molecule has 1 N–H and O–H groups in total. The zero-order chi connectivity index (χ0) is 17.1. The predicted molar refractivity (Wildman–Crippen MR) is 99.4 cm³/mol. The Balaban J connectivity index is 0.000000253. The van der Waals surface area contributed by atoms with Crippen LogP contribution in [0.2, 0.25) is 0 Å². The molecule has 2 rings (SSSR count). The van der Waals surface area contributed by atoms with Gasteiger partial charge < -0.3 is 9.84 Å². The Bertz CT molecular complexity index is 557. The smallest absolute Gasteiger partial charge is 0.122 e. The summed E-state index contributed by atoms with van der Waals surface area (Å²) >= 11 is 0. The number of aromatic hydroxyl groups is 1. The van der Waals surface area contributed by atoms with E-state index in [2.05, 4.69) is 45.2 Å². The molecule has 1 aliphatic carbocycles. The van der Waals surface area contributed by atoms with E-state index in [1.165, 1.54) is 6.42 Å². The Morgan fingerprint density at radius 2 is 2.00 bits per heavy atom. The highest BCUT2D eigenvalue weighted by atomic mass is 16.5. The van der Waals surface area contributed by atoms with Gasteiger partial charge in [-0.05, 0) is 19.4 Å². The molecule has 0 fully saturated rings. The highest BCUT2D eigenvalue weighted by Gasteiger charge is 2.29. The molecule has 0 bridgehead atoms. The van der Waals surface area contributed by atoms with Crippen molar-refractivity contribution in [2.24, 2.45) is 5.92 Å². The highest BCUT2D eigenvalue weighted by Crippen LogP contribution is 2.29. The van der Waals surface area contributed by atoms with E-state index in [1.807, 2.05) is 24.3 Å². The molecule has 2 unspecified atom stereocenters. The second-order valence-electron chi connectivity index (χ2n) is 5.65. The zero-order valence-corrected chi connectivity index (χ0v) is 14.2. The van der Waals surface area contributed by atoms with E-state index < -0.39 is 0 Å². The van der Waals surface area contributed by atoms with Crippen molar-refractivity contribution in [1.82, 2.24) is 0 Å². The van der Waals surface area contributed by atoms with Crippen LogP contribution in [0.5, 0.6) is 5.75 Å². The standard InChI is InChI=1S/C13H20O.C8H8O/c1-4-6-11-14-13(3)10-8-7-9-12(13)5-2;1-2-7-5-3-4-6-8(7)9/h5,7-10,12H,2,4,6,11H2,1,3H3;2-6,9H,1H2. The van der Waals surface area contributed by atoms with Crippen LogP contribution in [-0.2, 0) is 4.74 Å². The van der Waals surface area contributed by atoms with Gasteiger partial charge in [-0.1, -0.05) is 74.6 Å². The first-order valence-corrected chi connectivity index (χ1v) is 8.10. The van der Waals surface area contributed by atoms with E-state index >= 15 is 0 Å². The number of allylic oxidation sites excluding steroid dienone is 2. The van der Waals surface area contributed by atoms with E-state index in [0.29, 0.717) is 5.92 Å². The number of phenols is 1. The van der Waals surface area contributed by atoms with Gasteiger partial charge in [-0.2, -0.15) is 0 Å². The molecule has 0 aromatic heterocycles. The summed E-state index contributed by atoms with van der Waals surface area (Å²) in [5, 5.41) is 9.04. The van der Waals surface area contributed by atoms with Gasteiger partial charge in [-0.3, -0.25) is 0 Å². The monoisotopic (exact) mass is 312 g/mol. The van der Waals surface area contributed by atoms with E-state index in [-0.39, 0.29) is 11.4 Å². The Kier molecular flexibility index (Phi) is 8.14. The van der Waals surface area contributed by atoms with Crippen molar-refractivity contribution in [3.8, 4) is 5.75 Å². The van der Waals surface area contributed by atoms with Crippen LogP contribution in [0.15, 0.2) is 67.8 Å². The predicted octanol–water partition coefficient (Wildman–Crippen LogP) is 5.53. The van der Waals surface area contributed by atoms with Crippen LogP contribution in [-0.4, -0.2) is 17.3 Å². The molecular weight excluding hydrogens is 284 g/mol. The third-order valence-electron chi connectivity index (χ3n) is 3.84. The van der Waals surface area contributed by atoms with Gasteiger partial charge in [0.15, 0.2) is 0 Å². The lowest BCUT2D eigenvalue weighted by Gasteiger charge is -2.33. The number of para-hydroxylation sites is 1. The summed E-state index contributed by atoms with van der Waals surface area (Å²) in [5.74, 6) is 0.580. The fourth-order valence-electron chi connectivity index (χ4n) is 2.29. The first-order chi connectivity index (χ1) is 11.1. The second kappa shape index (κ2) is 9.86. The number of hydrogen-bond donors (Lipinski definition) is 1. The SMILES string of the molecule is C=CC1C=CC=CC1(C)OCCCC.C=Cc1ccccc1O. The molecule has 0 heterocycles. The van der Waals surface area contributed by atoms with Crippen LogP contribution in [0, 0.1) is 5.92 Å². The van der Waals surface area contributed by atoms with Crippen LogP contribution in [0.4, 0.5) is 0 Å². The Hall–Kier alpha value is -2.06. The molecule has 1 aromatic rings. The van der Waals surface area contributed by atoms with Crippen molar-refractivity contribution < 1.29 is 9.84 Å². The molecule has 2 heteroatoms. The van der Waals surface area contributed by atoms with Crippen LogP contribution in [0.3, 0.4) is 0 Å². The van der Waals surface area contributed by atoms with E-state index in [1.54, 1.807) is 18.2 Å². The first kappa shape index (κ1) is 19.0. The molecule has 0 aliphatic heterocycles. The summed E-state index contributed by atoms with van der Waals surface area (Å²) in [4.78, 5) is 0. The number of benzene rings is 1. The average molecular weight is 312 g/mol. The van der Waals surface area contributed by atoms with Gasteiger partial charge in [0.25, 0.3) is 0 Å². The van der Waals surface area contributed by atoms with Crippen molar-refractivity contribution in [2.45, 2.75) is 32.3 Å². The van der Waals surface area contributed by atoms with E-state index in [4.69, 9.17) is 9.84 Å². The summed E-state index contributed by atoms with van der Waals surface area (Å²) in [5.41, 5.74) is 0.587. The molecule has 2 atom stereocenters. The Morgan fingerprint density at radius 1 is 1.26 bits per heavy atom. The lowest BCUT2D eigenvalue weighted by atomic mass is 9.85. The molecule has 124 valence electrons. The van der Waals surface area contributed by atoms with Crippen molar-refractivity contribution in [3.05, 3.63) is 73.4 Å². The summed E-state index contributed by atoms with van der Waals surface area (Å²) < 4.78 is 5.91. The summed E-state index contributed by atoms with van der Waals surface area (Å²) in [7, 11) is 0.